The van der Waals surface area contributed by atoms with Crippen LogP contribution in [0.3, 0.4) is 0 Å². The van der Waals surface area contributed by atoms with Crippen molar-refractivity contribution in [3.05, 3.63) is 35.6 Å². The Bertz CT molecular complexity index is 469. The molecule has 2 N–H and O–H groups in total. The van der Waals surface area contributed by atoms with Crippen molar-refractivity contribution in [2.24, 2.45) is 5.73 Å². The molecule has 1 saturated heterocycles. The Morgan fingerprint density at radius 1 is 1.25 bits per heavy atom. The molecular formula is C11H14FNO2S. The fourth-order valence-corrected chi connectivity index (χ4v) is 4.56. The second-order valence-corrected chi connectivity index (χ2v) is 6.42. The van der Waals surface area contributed by atoms with Crippen LogP contribution in [0, 0.1) is 5.82 Å². The quantitative estimate of drug-likeness (QED) is 0.855. The first-order chi connectivity index (χ1) is 7.47. The molecule has 1 heterocycles. The first-order valence-corrected chi connectivity index (χ1v) is 6.96. The summed E-state index contributed by atoms with van der Waals surface area (Å²) in [6.45, 7) is 0.437. The lowest BCUT2D eigenvalue weighted by Gasteiger charge is -2.41. The number of nitrogens with two attached hydrogens (primary N) is 1. The van der Waals surface area contributed by atoms with Crippen LogP contribution in [0.1, 0.15) is 12.0 Å². The van der Waals surface area contributed by atoms with Crippen LogP contribution in [-0.4, -0.2) is 26.5 Å². The SMILES string of the molecule is NCCC1(c2ccc(F)cc2)CS(=O)(=O)C1. The van der Waals surface area contributed by atoms with E-state index in [0.29, 0.717) is 13.0 Å². The Balaban J connectivity index is 2.31. The van der Waals surface area contributed by atoms with Gasteiger partial charge in [-0.2, -0.15) is 0 Å². The van der Waals surface area contributed by atoms with Crippen molar-refractivity contribution in [2.45, 2.75) is 11.8 Å². The van der Waals surface area contributed by atoms with E-state index in [1.165, 1.54) is 12.1 Å². The highest BCUT2D eigenvalue weighted by molar-refractivity contribution is 7.93. The molecule has 5 heteroatoms. The molecule has 16 heavy (non-hydrogen) atoms. The lowest BCUT2D eigenvalue weighted by molar-refractivity contribution is 0.432. The molecule has 88 valence electrons. The van der Waals surface area contributed by atoms with Crippen LogP contribution in [0.4, 0.5) is 4.39 Å². The normalized spacial score (nSPS) is 21.4. The summed E-state index contributed by atoms with van der Waals surface area (Å²) in [6, 6.07) is 6.02. The Hall–Kier alpha value is -0.940. The molecule has 0 amide bonds. The zero-order valence-corrected chi connectivity index (χ0v) is 9.63. The van der Waals surface area contributed by atoms with Crippen LogP contribution in [-0.2, 0) is 15.3 Å². The van der Waals surface area contributed by atoms with Crippen molar-refractivity contribution >= 4 is 9.84 Å². The number of hydrogen-bond donors (Lipinski definition) is 1. The van der Waals surface area contributed by atoms with Gasteiger partial charge in [-0.3, -0.25) is 0 Å². The largest absolute Gasteiger partial charge is 0.330 e. The molecule has 0 radical (unpaired) electrons. The topological polar surface area (TPSA) is 60.2 Å². The van der Waals surface area contributed by atoms with E-state index in [9.17, 15) is 12.8 Å². The molecule has 1 aromatic carbocycles. The summed E-state index contributed by atoms with van der Waals surface area (Å²) in [4.78, 5) is 0. The molecular weight excluding hydrogens is 229 g/mol. The average molecular weight is 243 g/mol. The van der Waals surface area contributed by atoms with E-state index in [2.05, 4.69) is 0 Å². The van der Waals surface area contributed by atoms with Gasteiger partial charge in [0.2, 0.25) is 0 Å². The van der Waals surface area contributed by atoms with Crippen LogP contribution in [0.25, 0.3) is 0 Å². The molecule has 0 unspecified atom stereocenters. The van der Waals surface area contributed by atoms with E-state index in [4.69, 9.17) is 5.73 Å². The van der Waals surface area contributed by atoms with Crippen molar-refractivity contribution in [2.75, 3.05) is 18.1 Å². The maximum Gasteiger partial charge on any atom is 0.152 e. The van der Waals surface area contributed by atoms with E-state index in [1.807, 2.05) is 0 Å². The Morgan fingerprint density at radius 3 is 2.25 bits per heavy atom. The summed E-state index contributed by atoms with van der Waals surface area (Å²) in [5.74, 6) is -0.0556. The maximum atomic E-state index is 12.8. The van der Waals surface area contributed by atoms with Crippen LogP contribution >= 0.6 is 0 Å². The molecule has 2 rings (SSSR count). The molecule has 1 aromatic rings. The number of halogens is 1. The summed E-state index contributed by atoms with van der Waals surface area (Å²) >= 11 is 0. The molecule has 1 fully saturated rings. The van der Waals surface area contributed by atoms with Crippen LogP contribution < -0.4 is 5.73 Å². The zero-order chi connectivity index (χ0) is 11.8. The van der Waals surface area contributed by atoms with E-state index in [0.717, 1.165) is 5.56 Å². The number of rotatable bonds is 3. The average Bonchev–Trinajstić information content (AvgIpc) is 2.16. The third-order valence-corrected chi connectivity index (χ3v) is 5.06. The monoisotopic (exact) mass is 243 g/mol. The number of hydrogen-bond acceptors (Lipinski definition) is 3. The van der Waals surface area contributed by atoms with Crippen LogP contribution in [0.5, 0.6) is 0 Å². The van der Waals surface area contributed by atoms with Crippen molar-refractivity contribution in [3.63, 3.8) is 0 Å². The van der Waals surface area contributed by atoms with Gasteiger partial charge in [0, 0.05) is 5.41 Å². The van der Waals surface area contributed by atoms with Gasteiger partial charge in [-0.1, -0.05) is 12.1 Å². The Kier molecular flexibility index (Phi) is 2.75. The summed E-state index contributed by atoms with van der Waals surface area (Å²) in [5, 5.41) is 0. The fourth-order valence-electron chi connectivity index (χ4n) is 2.33. The van der Waals surface area contributed by atoms with E-state index in [-0.39, 0.29) is 22.7 Å². The lowest BCUT2D eigenvalue weighted by atomic mass is 9.80. The Morgan fingerprint density at radius 2 is 1.81 bits per heavy atom. The molecule has 0 atom stereocenters. The van der Waals surface area contributed by atoms with Crippen molar-refractivity contribution in [1.82, 2.24) is 0 Å². The molecule has 1 aliphatic heterocycles. The minimum Gasteiger partial charge on any atom is -0.330 e. The first kappa shape index (κ1) is 11.5. The zero-order valence-electron chi connectivity index (χ0n) is 8.82. The van der Waals surface area contributed by atoms with Gasteiger partial charge in [0.1, 0.15) is 5.82 Å². The summed E-state index contributed by atoms with van der Waals surface area (Å²) in [6.07, 6.45) is 0.623. The van der Waals surface area contributed by atoms with Crippen molar-refractivity contribution in [3.8, 4) is 0 Å². The third-order valence-electron chi connectivity index (χ3n) is 3.07. The number of sulfone groups is 1. The van der Waals surface area contributed by atoms with E-state index < -0.39 is 9.84 Å². The molecule has 1 aliphatic rings. The summed E-state index contributed by atoms with van der Waals surface area (Å²) in [5.41, 5.74) is 5.99. The minimum absolute atomic E-state index is 0.128. The highest BCUT2D eigenvalue weighted by Crippen LogP contribution is 2.39. The lowest BCUT2D eigenvalue weighted by Crippen LogP contribution is -2.53. The maximum absolute atomic E-state index is 12.8. The predicted molar refractivity (Wildman–Crippen MR) is 60.4 cm³/mol. The van der Waals surface area contributed by atoms with Gasteiger partial charge in [0.25, 0.3) is 0 Å². The smallest absolute Gasteiger partial charge is 0.152 e. The van der Waals surface area contributed by atoms with Crippen molar-refractivity contribution in [1.29, 1.82) is 0 Å². The van der Waals surface area contributed by atoms with Gasteiger partial charge < -0.3 is 5.73 Å². The first-order valence-electron chi connectivity index (χ1n) is 5.14. The fraction of sp³-hybridized carbons (Fsp3) is 0.455. The van der Waals surface area contributed by atoms with Crippen molar-refractivity contribution < 1.29 is 12.8 Å². The second kappa shape index (κ2) is 3.82. The van der Waals surface area contributed by atoms with Gasteiger partial charge >= 0.3 is 0 Å². The molecule has 0 aliphatic carbocycles. The van der Waals surface area contributed by atoms with Crippen LogP contribution in [0.15, 0.2) is 24.3 Å². The van der Waals surface area contributed by atoms with Crippen LogP contribution in [0.2, 0.25) is 0 Å². The standard InChI is InChI=1S/C11H14FNO2S/c12-10-3-1-9(2-4-10)11(5-6-13)7-16(14,15)8-11/h1-4H,5-8,13H2. The molecule has 0 saturated carbocycles. The number of benzene rings is 1. The summed E-state index contributed by atoms with van der Waals surface area (Å²) < 4.78 is 35.4. The highest BCUT2D eigenvalue weighted by atomic mass is 32.2. The van der Waals surface area contributed by atoms with Gasteiger partial charge in [-0.25, -0.2) is 12.8 Å². The van der Waals surface area contributed by atoms with E-state index in [1.54, 1.807) is 12.1 Å². The third kappa shape index (κ3) is 1.97. The minimum atomic E-state index is -2.92. The Labute approximate surface area is 94.4 Å². The van der Waals surface area contributed by atoms with E-state index >= 15 is 0 Å². The summed E-state index contributed by atoms with van der Waals surface area (Å²) in [7, 11) is -2.92. The second-order valence-electron chi connectivity index (χ2n) is 4.36. The molecule has 3 nitrogen and oxygen atoms in total. The van der Waals surface area contributed by atoms with Gasteiger partial charge in [0.15, 0.2) is 9.84 Å². The molecule has 0 bridgehead atoms. The van der Waals surface area contributed by atoms with Gasteiger partial charge in [-0.05, 0) is 30.7 Å². The highest BCUT2D eigenvalue weighted by Gasteiger charge is 2.48. The molecule has 0 aromatic heterocycles. The van der Waals surface area contributed by atoms with Gasteiger partial charge in [-0.15, -0.1) is 0 Å². The molecule has 0 spiro atoms. The van der Waals surface area contributed by atoms with Gasteiger partial charge in [0.05, 0.1) is 11.5 Å². The predicted octanol–water partition coefficient (Wildman–Crippen LogP) is 0.841.